The Labute approximate surface area is 196 Å². The van der Waals surface area contributed by atoms with Crippen LogP contribution in [0.2, 0.25) is 0 Å². The predicted molar refractivity (Wildman–Crippen MR) is 131 cm³/mol. The largest absolute Gasteiger partial charge is 0.342 e. The molecule has 6 nitrogen and oxygen atoms in total. The van der Waals surface area contributed by atoms with Gasteiger partial charge in [0.15, 0.2) is 0 Å². The van der Waals surface area contributed by atoms with Crippen molar-refractivity contribution >= 4 is 17.9 Å². The van der Waals surface area contributed by atoms with E-state index in [0.717, 1.165) is 39.0 Å². The Hall–Kier alpha value is -2.99. The van der Waals surface area contributed by atoms with E-state index in [1.54, 1.807) is 24.5 Å². The molecular weight excluding hydrogens is 412 g/mol. The molecule has 2 saturated heterocycles. The van der Waals surface area contributed by atoms with Crippen molar-refractivity contribution < 1.29 is 9.59 Å². The lowest BCUT2D eigenvalue weighted by Gasteiger charge is -2.36. The van der Waals surface area contributed by atoms with E-state index in [1.807, 2.05) is 9.80 Å². The minimum absolute atomic E-state index is 0.0186. The number of piperidine rings is 1. The van der Waals surface area contributed by atoms with E-state index in [9.17, 15) is 9.59 Å². The van der Waals surface area contributed by atoms with E-state index in [-0.39, 0.29) is 11.8 Å². The van der Waals surface area contributed by atoms with E-state index in [2.05, 4.69) is 54.1 Å². The molecule has 2 aromatic rings. The normalized spacial score (nSPS) is 18.1. The molecule has 0 N–H and O–H groups in total. The first-order valence-corrected chi connectivity index (χ1v) is 11.9. The first-order valence-electron chi connectivity index (χ1n) is 11.9. The molecule has 0 atom stereocenters. The summed E-state index contributed by atoms with van der Waals surface area (Å²) in [7, 11) is 0. The highest BCUT2D eigenvalue weighted by Crippen LogP contribution is 2.22. The van der Waals surface area contributed by atoms with Crippen LogP contribution in [-0.2, 0) is 4.79 Å². The summed E-state index contributed by atoms with van der Waals surface area (Å²) >= 11 is 0. The van der Waals surface area contributed by atoms with Gasteiger partial charge in [-0.05, 0) is 61.4 Å². The average molecular weight is 447 g/mol. The molecule has 0 unspecified atom stereocenters. The SMILES string of the molecule is Cc1cccc(C)c1/C=C/C1CCN(C(=O)CN2CCN(C(=O)c3cccnc3)CC2)CC1. The number of piperazine rings is 1. The minimum atomic E-state index is 0.0186. The Kier molecular flexibility index (Phi) is 7.55. The second kappa shape index (κ2) is 10.8. The third kappa shape index (κ3) is 5.88. The summed E-state index contributed by atoms with van der Waals surface area (Å²) in [6.45, 7) is 9.14. The Morgan fingerprint density at radius 3 is 2.27 bits per heavy atom. The van der Waals surface area contributed by atoms with Crippen molar-refractivity contribution in [3.63, 3.8) is 0 Å². The predicted octanol–water partition coefficient (Wildman–Crippen LogP) is 3.41. The molecule has 6 heteroatoms. The lowest BCUT2D eigenvalue weighted by molar-refractivity contribution is -0.133. The van der Waals surface area contributed by atoms with Gasteiger partial charge in [0.05, 0.1) is 12.1 Å². The van der Waals surface area contributed by atoms with Gasteiger partial charge in [0.2, 0.25) is 5.91 Å². The number of amides is 2. The van der Waals surface area contributed by atoms with Crippen molar-refractivity contribution in [2.24, 2.45) is 5.92 Å². The number of aryl methyl sites for hydroxylation is 2. The molecule has 174 valence electrons. The summed E-state index contributed by atoms with van der Waals surface area (Å²) < 4.78 is 0. The summed E-state index contributed by atoms with van der Waals surface area (Å²) in [5, 5.41) is 0. The van der Waals surface area contributed by atoms with Crippen LogP contribution >= 0.6 is 0 Å². The van der Waals surface area contributed by atoms with Gasteiger partial charge in [-0.15, -0.1) is 0 Å². The lowest BCUT2D eigenvalue weighted by Crippen LogP contribution is -2.52. The fourth-order valence-corrected chi connectivity index (χ4v) is 4.74. The summed E-state index contributed by atoms with van der Waals surface area (Å²) in [6, 6.07) is 9.99. The smallest absolute Gasteiger partial charge is 0.255 e. The summed E-state index contributed by atoms with van der Waals surface area (Å²) in [6.07, 6.45) is 9.90. The monoisotopic (exact) mass is 446 g/mol. The highest BCUT2D eigenvalue weighted by Gasteiger charge is 2.26. The van der Waals surface area contributed by atoms with E-state index < -0.39 is 0 Å². The molecule has 2 fully saturated rings. The Morgan fingerprint density at radius 1 is 0.939 bits per heavy atom. The number of nitrogens with zero attached hydrogens (tertiary/aromatic N) is 4. The van der Waals surface area contributed by atoms with Crippen LogP contribution in [0.1, 0.15) is 39.9 Å². The van der Waals surface area contributed by atoms with Crippen molar-refractivity contribution in [2.45, 2.75) is 26.7 Å². The van der Waals surface area contributed by atoms with Gasteiger partial charge in [-0.1, -0.05) is 30.4 Å². The molecule has 0 spiro atoms. The van der Waals surface area contributed by atoms with E-state index in [1.165, 1.54) is 16.7 Å². The molecule has 4 rings (SSSR count). The molecule has 1 aromatic heterocycles. The van der Waals surface area contributed by atoms with Crippen LogP contribution in [0.4, 0.5) is 0 Å². The van der Waals surface area contributed by atoms with Crippen molar-refractivity contribution in [1.29, 1.82) is 0 Å². The van der Waals surface area contributed by atoms with Crippen LogP contribution < -0.4 is 0 Å². The molecule has 2 aliphatic rings. The third-order valence-corrected chi connectivity index (χ3v) is 6.90. The van der Waals surface area contributed by atoms with Gasteiger partial charge in [0.1, 0.15) is 0 Å². The summed E-state index contributed by atoms with van der Waals surface area (Å²) in [5.74, 6) is 0.749. The standard InChI is InChI=1S/C27H34N4O2/c1-21-5-3-6-22(2)25(21)9-8-23-10-13-30(14-11-23)26(32)20-29-15-17-31(18-16-29)27(33)24-7-4-12-28-19-24/h3-9,12,19,23H,10-11,13-18,20H2,1-2H3/b9-8+. The van der Waals surface area contributed by atoms with Gasteiger partial charge in [-0.2, -0.15) is 0 Å². The van der Waals surface area contributed by atoms with Crippen molar-refractivity contribution in [3.8, 4) is 0 Å². The number of hydrogen-bond donors (Lipinski definition) is 0. The Bertz CT molecular complexity index is 968. The number of pyridine rings is 1. The van der Waals surface area contributed by atoms with Crippen LogP contribution in [0, 0.1) is 19.8 Å². The second-order valence-corrected chi connectivity index (χ2v) is 9.19. The molecule has 33 heavy (non-hydrogen) atoms. The number of carbonyl (C=O) groups is 2. The molecule has 0 aliphatic carbocycles. The zero-order valence-corrected chi connectivity index (χ0v) is 19.7. The number of likely N-dealkylation sites (tertiary alicyclic amines) is 1. The van der Waals surface area contributed by atoms with Crippen molar-refractivity contribution in [1.82, 2.24) is 19.7 Å². The number of benzene rings is 1. The van der Waals surface area contributed by atoms with Gasteiger partial charge in [-0.3, -0.25) is 19.5 Å². The fourth-order valence-electron chi connectivity index (χ4n) is 4.74. The zero-order valence-electron chi connectivity index (χ0n) is 19.7. The van der Waals surface area contributed by atoms with Crippen molar-refractivity contribution in [2.75, 3.05) is 45.8 Å². The van der Waals surface area contributed by atoms with Gasteiger partial charge in [-0.25, -0.2) is 0 Å². The quantitative estimate of drug-likeness (QED) is 0.706. The maximum Gasteiger partial charge on any atom is 0.255 e. The molecule has 0 bridgehead atoms. The summed E-state index contributed by atoms with van der Waals surface area (Å²) in [4.78, 5) is 35.5. The highest BCUT2D eigenvalue weighted by molar-refractivity contribution is 5.94. The van der Waals surface area contributed by atoms with E-state index >= 15 is 0 Å². The second-order valence-electron chi connectivity index (χ2n) is 9.19. The van der Waals surface area contributed by atoms with Crippen molar-refractivity contribution in [3.05, 3.63) is 71.1 Å². The Morgan fingerprint density at radius 2 is 1.64 bits per heavy atom. The highest BCUT2D eigenvalue weighted by atomic mass is 16.2. The number of allylic oxidation sites excluding steroid dienone is 1. The lowest BCUT2D eigenvalue weighted by atomic mass is 9.94. The third-order valence-electron chi connectivity index (χ3n) is 6.90. The van der Waals surface area contributed by atoms with Gasteiger partial charge in [0, 0.05) is 51.7 Å². The van der Waals surface area contributed by atoms with Crippen LogP contribution in [0.15, 0.2) is 48.8 Å². The fraction of sp³-hybridized carbons (Fsp3) is 0.444. The van der Waals surface area contributed by atoms with Gasteiger partial charge >= 0.3 is 0 Å². The van der Waals surface area contributed by atoms with Gasteiger partial charge in [0.25, 0.3) is 5.91 Å². The van der Waals surface area contributed by atoms with E-state index in [0.29, 0.717) is 31.1 Å². The average Bonchev–Trinajstić information content (AvgIpc) is 2.84. The maximum absolute atomic E-state index is 12.9. The first-order chi connectivity index (χ1) is 16.0. The maximum atomic E-state index is 12.9. The number of rotatable bonds is 5. The molecule has 2 aliphatic heterocycles. The molecule has 3 heterocycles. The zero-order chi connectivity index (χ0) is 23.2. The molecule has 2 amide bonds. The van der Waals surface area contributed by atoms with Crippen LogP contribution in [0.25, 0.3) is 6.08 Å². The summed E-state index contributed by atoms with van der Waals surface area (Å²) in [5.41, 5.74) is 4.55. The van der Waals surface area contributed by atoms with Gasteiger partial charge < -0.3 is 9.80 Å². The molecule has 0 radical (unpaired) electrons. The first kappa shape index (κ1) is 23.2. The van der Waals surface area contributed by atoms with Crippen LogP contribution in [0.5, 0.6) is 0 Å². The number of aromatic nitrogens is 1. The van der Waals surface area contributed by atoms with Crippen LogP contribution in [-0.4, -0.2) is 77.3 Å². The number of hydrogen-bond acceptors (Lipinski definition) is 4. The molecule has 1 aromatic carbocycles. The number of carbonyl (C=O) groups excluding carboxylic acids is 2. The van der Waals surface area contributed by atoms with Crippen LogP contribution in [0.3, 0.4) is 0 Å². The minimum Gasteiger partial charge on any atom is -0.342 e. The molecule has 0 saturated carbocycles. The molecular formula is C27H34N4O2. The topological polar surface area (TPSA) is 56.8 Å². The van der Waals surface area contributed by atoms with E-state index in [4.69, 9.17) is 0 Å². The Balaban J connectivity index is 1.21.